The lowest BCUT2D eigenvalue weighted by Crippen LogP contribution is -2.27. The lowest BCUT2D eigenvalue weighted by molar-refractivity contribution is 0.177. The average Bonchev–Trinajstić information content (AvgIpc) is 2.76. The molecule has 3 rings (SSSR count). The van der Waals surface area contributed by atoms with Crippen LogP contribution in [0, 0.1) is 0 Å². The van der Waals surface area contributed by atoms with Crippen LogP contribution in [0.15, 0.2) is 46.9 Å². The van der Waals surface area contributed by atoms with Gasteiger partial charge in [-0.05, 0) is 45.3 Å². The van der Waals surface area contributed by atoms with E-state index in [-0.39, 0.29) is 6.10 Å². The summed E-state index contributed by atoms with van der Waals surface area (Å²) in [6, 6.07) is 14.1. The molecular formula is C17H19NO2. The van der Waals surface area contributed by atoms with Gasteiger partial charge in [-0.15, -0.1) is 0 Å². The molecule has 3 nitrogen and oxygen atoms in total. The Hall–Kier alpha value is -2.00. The number of para-hydroxylation sites is 1. The molecule has 1 aromatic heterocycles. The molecule has 0 radical (unpaired) electrons. The predicted octanol–water partition coefficient (Wildman–Crippen LogP) is 3.91. The molecule has 0 bridgehead atoms. The number of likely N-dealkylation sites (N-methyl/N-ethyl adjacent to an activating group) is 1. The van der Waals surface area contributed by atoms with Gasteiger partial charge in [-0.3, -0.25) is 0 Å². The van der Waals surface area contributed by atoms with Crippen molar-refractivity contribution in [3.05, 3.63) is 42.5 Å². The topological polar surface area (TPSA) is 25.6 Å². The largest absolute Gasteiger partial charge is 0.489 e. The van der Waals surface area contributed by atoms with Gasteiger partial charge in [0.25, 0.3) is 0 Å². The first-order chi connectivity index (χ1) is 9.63. The third-order valence-corrected chi connectivity index (χ3v) is 3.31. The average molecular weight is 269 g/mol. The number of ether oxygens (including phenoxy) is 1. The summed E-state index contributed by atoms with van der Waals surface area (Å²) in [4.78, 5) is 2.12. The summed E-state index contributed by atoms with van der Waals surface area (Å²) in [5.74, 6) is 0.887. The van der Waals surface area contributed by atoms with Crippen molar-refractivity contribution in [3.8, 4) is 5.75 Å². The highest BCUT2D eigenvalue weighted by atomic mass is 16.5. The van der Waals surface area contributed by atoms with Crippen molar-refractivity contribution < 1.29 is 9.15 Å². The van der Waals surface area contributed by atoms with Crippen LogP contribution in [0.5, 0.6) is 5.75 Å². The van der Waals surface area contributed by atoms with Crippen molar-refractivity contribution in [3.63, 3.8) is 0 Å². The molecule has 0 aliphatic heterocycles. The molecule has 0 aliphatic carbocycles. The lowest BCUT2D eigenvalue weighted by Gasteiger charge is -2.18. The number of rotatable bonds is 4. The fourth-order valence-electron chi connectivity index (χ4n) is 2.56. The van der Waals surface area contributed by atoms with Gasteiger partial charge in [0.15, 0.2) is 0 Å². The standard InChI is InChI=1S/C17H19NO2/c1-12(11-18(2)3)19-13-8-9-17-15(10-13)14-6-4-5-7-16(14)20-17/h4-10,12H,11H2,1-3H3. The van der Waals surface area contributed by atoms with Gasteiger partial charge in [0, 0.05) is 17.3 Å². The molecule has 3 heteroatoms. The van der Waals surface area contributed by atoms with Crippen molar-refractivity contribution in [1.82, 2.24) is 4.90 Å². The van der Waals surface area contributed by atoms with Crippen LogP contribution in [0.3, 0.4) is 0 Å². The third-order valence-electron chi connectivity index (χ3n) is 3.31. The first-order valence-corrected chi connectivity index (χ1v) is 6.86. The van der Waals surface area contributed by atoms with Gasteiger partial charge < -0.3 is 14.1 Å². The van der Waals surface area contributed by atoms with Crippen molar-refractivity contribution >= 4 is 21.9 Å². The van der Waals surface area contributed by atoms with Gasteiger partial charge in [-0.1, -0.05) is 18.2 Å². The minimum atomic E-state index is 0.153. The molecule has 0 amide bonds. The minimum Gasteiger partial charge on any atom is -0.489 e. The van der Waals surface area contributed by atoms with E-state index < -0.39 is 0 Å². The molecule has 20 heavy (non-hydrogen) atoms. The van der Waals surface area contributed by atoms with E-state index in [2.05, 4.69) is 24.0 Å². The Morgan fingerprint density at radius 1 is 1.05 bits per heavy atom. The zero-order valence-electron chi connectivity index (χ0n) is 12.1. The summed E-state index contributed by atoms with van der Waals surface area (Å²) in [7, 11) is 4.10. The van der Waals surface area contributed by atoms with Gasteiger partial charge in [0.05, 0.1) is 0 Å². The van der Waals surface area contributed by atoms with Gasteiger partial charge in [0.2, 0.25) is 0 Å². The van der Waals surface area contributed by atoms with Crippen LogP contribution in [-0.4, -0.2) is 31.6 Å². The van der Waals surface area contributed by atoms with Crippen molar-refractivity contribution in [2.24, 2.45) is 0 Å². The fraction of sp³-hybridized carbons (Fsp3) is 0.294. The Balaban J connectivity index is 1.95. The second kappa shape index (κ2) is 5.17. The predicted molar refractivity (Wildman–Crippen MR) is 82.4 cm³/mol. The summed E-state index contributed by atoms with van der Waals surface area (Å²) >= 11 is 0. The Morgan fingerprint density at radius 3 is 2.60 bits per heavy atom. The zero-order chi connectivity index (χ0) is 14.1. The van der Waals surface area contributed by atoms with Crippen molar-refractivity contribution in [1.29, 1.82) is 0 Å². The number of nitrogens with zero attached hydrogens (tertiary/aromatic N) is 1. The monoisotopic (exact) mass is 269 g/mol. The lowest BCUT2D eigenvalue weighted by atomic mass is 10.1. The van der Waals surface area contributed by atoms with Crippen LogP contribution in [0.1, 0.15) is 6.92 Å². The van der Waals surface area contributed by atoms with E-state index in [0.29, 0.717) is 0 Å². The molecule has 0 saturated heterocycles. The highest BCUT2D eigenvalue weighted by Gasteiger charge is 2.09. The Morgan fingerprint density at radius 2 is 1.80 bits per heavy atom. The molecule has 104 valence electrons. The van der Waals surface area contributed by atoms with Crippen molar-refractivity contribution in [2.45, 2.75) is 13.0 Å². The number of benzene rings is 2. The van der Waals surface area contributed by atoms with Gasteiger partial charge in [-0.25, -0.2) is 0 Å². The van der Waals surface area contributed by atoms with E-state index in [0.717, 1.165) is 34.2 Å². The van der Waals surface area contributed by atoms with Crippen LogP contribution >= 0.6 is 0 Å². The first-order valence-electron chi connectivity index (χ1n) is 6.86. The highest BCUT2D eigenvalue weighted by molar-refractivity contribution is 6.05. The third kappa shape index (κ3) is 2.49. The number of hydrogen-bond acceptors (Lipinski definition) is 3. The normalized spacial score (nSPS) is 13.2. The first kappa shape index (κ1) is 13.0. The van der Waals surface area contributed by atoms with E-state index in [9.17, 15) is 0 Å². The van der Waals surface area contributed by atoms with Crippen molar-refractivity contribution in [2.75, 3.05) is 20.6 Å². The SMILES string of the molecule is CC(CN(C)C)Oc1ccc2oc3ccccc3c2c1. The summed E-state index contributed by atoms with van der Waals surface area (Å²) in [6.45, 7) is 2.97. The molecule has 1 unspecified atom stereocenters. The smallest absolute Gasteiger partial charge is 0.135 e. The Kier molecular flexibility index (Phi) is 3.36. The maximum Gasteiger partial charge on any atom is 0.135 e. The van der Waals surface area contributed by atoms with E-state index in [1.807, 2.05) is 44.4 Å². The molecule has 1 heterocycles. The molecule has 0 spiro atoms. The van der Waals surface area contributed by atoms with Crippen LogP contribution in [0.4, 0.5) is 0 Å². The second-order valence-electron chi connectivity index (χ2n) is 5.45. The summed E-state index contributed by atoms with van der Waals surface area (Å²) in [5.41, 5.74) is 1.82. The fourth-order valence-corrected chi connectivity index (χ4v) is 2.56. The maximum atomic E-state index is 5.97. The molecule has 1 atom stereocenters. The minimum absolute atomic E-state index is 0.153. The van der Waals surface area contributed by atoms with E-state index in [1.165, 1.54) is 0 Å². The molecule has 3 aromatic rings. The summed E-state index contributed by atoms with van der Waals surface area (Å²) < 4.78 is 11.8. The highest BCUT2D eigenvalue weighted by Crippen LogP contribution is 2.31. The van der Waals surface area contributed by atoms with Crippen LogP contribution in [-0.2, 0) is 0 Å². The summed E-state index contributed by atoms with van der Waals surface area (Å²) in [5, 5.41) is 2.24. The molecule has 2 aromatic carbocycles. The number of fused-ring (bicyclic) bond motifs is 3. The van der Waals surface area contributed by atoms with Crippen LogP contribution in [0.2, 0.25) is 0 Å². The number of hydrogen-bond donors (Lipinski definition) is 0. The second-order valence-corrected chi connectivity index (χ2v) is 5.45. The molecule has 0 aliphatic rings. The quantitative estimate of drug-likeness (QED) is 0.718. The molecule has 0 saturated carbocycles. The maximum absolute atomic E-state index is 5.97. The van der Waals surface area contributed by atoms with Gasteiger partial charge in [0.1, 0.15) is 23.0 Å². The summed E-state index contributed by atoms with van der Waals surface area (Å²) in [6.07, 6.45) is 0.153. The molecule has 0 N–H and O–H groups in total. The van der Waals surface area contributed by atoms with Crippen LogP contribution < -0.4 is 4.74 Å². The Labute approximate surface area is 118 Å². The van der Waals surface area contributed by atoms with Crippen LogP contribution in [0.25, 0.3) is 21.9 Å². The van der Waals surface area contributed by atoms with E-state index in [4.69, 9.17) is 9.15 Å². The van der Waals surface area contributed by atoms with E-state index in [1.54, 1.807) is 0 Å². The number of furan rings is 1. The Bertz CT molecular complexity index is 730. The molecular weight excluding hydrogens is 250 g/mol. The zero-order valence-corrected chi connectivity index (χ0v) is 12.1. The molecule has 0 fully saturated rings. The van der Waals surface area contributed by atoms with E-state index >= 15 is 0 Å². The van der Waals surface area contributed by atoms with Gasteiger partial charge in [-0.2, -0.15) is 0 Å². The van der Waals surface area contributed by atoms with Gasteiger partial charge >= 0.3 is 0 Å².